The predicted octanol–water partition coefficient (Wildman–Crippen LogP) is 2.91. The summed E-state index contributed by atoms with van der Waals surface area (Å²) in [6, 6.07) is 17.4. The minimum atomic E-state index is -0.0695. The maximum atomic E-state index is 5.28. The lowest BCUT2D eigenvalue weighted by Crippen LogP contribution is -2.22. The van der Waals surface area contributed by atoms with E-state index in [0.717, 1.165) is 22.6 Å². The Kier molecular flexibility index (Phi) is 7.67. The van der Waals surface area contributed by atoms with Crippen LogP contribution in [0.25, 0.3) is 0 Å². The van der Waals surface area contributed by atoms with Gasteiger partial charge in [-0.25, -0.2) is 0 Å². The fourth-order valence-electron chi connectivity index (χ4n) is 1.80. The van der Waals surface area contributed by atoms with E-state index in [9.17, 15) is 0 Å². The molecule has 0 saturated carbocycles. The summed E-state index contributed by atoms with van der Waals surface area (Å²) in [5.41, 5.74) is 13.9. The lowest BCUT2D eigenvalue weighted by atomic mass is 10.1. The molecule has 24 heavy (non-hydrogen) atoms. The molecule has 0 aliphatic carbocycles. The Morgan fingerprint density at radius 3 is 1.96 bits per heavy atom. The lowest BCUT2D eigenvalue weighted by molar-refractivity contribution is 1.20. The molecular formula is C16H19ClN6S. The third-order valence-corrected chi connectivity index (χ3v) is 3.11. The summed E-state index contributed by atoms with van der Waals surface area (Å²) in [6.45, 7) is 1.83. The van der Waals surface area contributed by atoms with Crippen LogP contribution in [0, 0.1) is 0 Å². The molecule has 0 aliphatic rings. The van der Waals surface area contributed by atoms with Gasteiger partial charge in [-0.2, -0.15) is 5.10 Å². The number of halogens is 1. The molecule has 0 aromatic heterocycles. The highest BCUT2D eigenvalue weighted by molar-refractivity contribution is 7.80. The van der Waals surface area contributed by atoms with Gasteiger partial charge in [0.05, 0.1) is 5.71 Å². The second-order valence-electron chi connectivity index (χ2n) is 4.73. The van der Waals surface area contributed by atoms with Crippen molar-refractivity contribution in [3.05, 3.63) is 60.2 Å². The highest BCUT2D eigenvalue weighted by Crippen LogP contribution is 2.12. The van der Waals surface area contributed by atoms with Gasteiger partial charge in [0.2, 0.25) is 5.96 Å². The van der Waals surface area contributed by atoms with Crippen molar-refractivity contribution in [2.75, 3.05) is 10.6 Å². The number of benzene rings is 2. The van der Waals surface area contributed by atoms with E-state index in [1.807, 2.05) is 61.5 Å². The summed E-state index contributed by atoms with van der Waals surface area (Å²) in [7, 11) is 0. The number of anilines is 2. The first-order valence-corrected chi connectivity index (χ1v) is 7.32. The fraction of sp³-hybridized carbons (Fsp3) is 0.0625. The average molecular weight is 363 g/mol. The molecular weight excluding hydrogens is 344 g/mol. The number of guanidine groups is 1. The third-order valence-electron chi connectivity index (χ3n) is 2.91. The Morgan fingerprint density at radius 1 is 0.875 bits per heavy atom. The molecule has 0 saturated heterocycles. The van der Waals surface area contributed by atoms with Gasteiger partial charge in [-0.05, 0) is 49.0 Å². The molecule has 2 aromatic rings. The molecule has 0 atom stereocenters. The summed E-state index contributed by atoms with van der Waals surface area (Å²) in [4.78, 5) is 0. The second kappa shape index (κ2) is 9.49. The van der Waals surface area contributed by atoms with Gasteiger partial charge in [0, 0.05) is 11.4 Å². The molecule has 0 amide bonds. The van der Waals surface area contributed by atoms with E-state index in [1.54, 1.807) is 0 Å². The molecule has 0 aliphatic heterocycles. The second-order valence-corrected chi connectivity index (χ2v) is 5.14. The lowest BCUT2D eigenvalue weighted by Gasteiger charge is -2.10. The van der Waals surface area contributed by atoms with Gasteiger partial charge >= 0.3 is 0 Å². The van der Waals surface area contributed by atoms with E-state index in [1.165, 1.54) is 0 Å². The molecule has 0 radical (unpaired) electrons. The van der Waals surface area contributed by atoms with Gasteiger partial charge < -0.3 is 22.1 Å². The number of rotatable bonds is 4. The Morgan fingerprint density at radius 2 is 1.42 bits per heavy atom. The van der Waals surface area contributed by atoms with Gasteiger partial charge in [-0.15, -0.1) is 17.5 Å². The van der Waals surface area contributed by atoms with Gasteiger partial charge in [-0.1, -0.05) is 30.3 Å². The summed E-state index contributed by atoms with van der Waals surface area (Å²) >= 11 is 5.28. The summed E-state index contributed by atoms with van der Waals surface area (Å²) in [5, 5.41) is 14.3. The number of thiocarbonyl (C=S) groups is 1. The number of nitrogens with one attached hydrogen (secondary N) is 2. The van der Waals surface area contributed by atoms with Crippen molar-refractivity contribution in [1.82, 2.24) is 0 Å². The first-order chi connectivity index (χ1) is 11.0. The van der Waals surface area contributed by atoms with Crippen molar-refractivity contribution in [2.24, 2.45) is 21.7 Å². The molecule has 6 nitrogen and oxygen atoms in total. The Labute approximate surface area is 152 Å². The smallest absolute Gasteiger partial charge is 0.211 e. The SMILES string of the molecule is C/C(=N\N=C(N)N)c1ccc(NC(=S)Nc2ccccc2)cc1.Cl. The van der Waals surface area contributed by atoms with Crippen LogP contribution < -0.4 is 22.1 Å². The normalized spacial score (nSPS) is 10.3. The zero-order chi connectivity index (χ0) is 16.7. The minimum absolute atomic E-state index is 0. The number of hydrogen-bond donors (Lipinski definition) is 4. The van der Waals surface area contributed by atoms with Crippen molar-refractivity contribution in [3.63, 3.8) is 0 Å². The van der Waals surface area contributed by atoms with Gasteiger partial charge in [0.1, 0.15) is 0 Å². The van der Waals surface area contributed by atoms with Crippen LogP contribution in [0.2, 0.25) is 0 Å². The fourth-order valence-corrected chi connectivity index (χ4v) is 2.04. The van der Waals surface area contributed by atoms with Gasteiger partial charge in [0.15, 0.2) is 5.11 Å². The van der Waals surface area contributed by atoms with Crippen LogP contribution in [0.1, 0.15) is 12.5 Å². The Balaban J connectivity index is 0.00000288. The molecule has 8 heteroatoms. The highest BCUT2D eigenvalue weighted by atomic mass is 35.5. The first kappa shape index (κ1) is 19.4. The van der Waals surface area contributed by atoms with Crippen LogP contribution in [-0.2, 0) is 0 Å². The zero-order valence-corrected chi connectivity index (χ0v) is 14.7. The van der Waals surface area contributed by atoms with Crippen molar-refractivity contribution in [1.29, 1.82) is 0 Å². The number of hydrogen-bond acceptors (Lipinski definition) is 3. The molecule has 0 heterocycles. The molecule has 0 bridgehead atoms. The summed E-state index contributed by atoms with van der Waals surface area (Å²) in [6.07, 6.45) is 0. The zero-order valence-electron chi connectivity index (χ0n) is 13.1. The van der Waals surface area contributed by atoms with E-state index in [4.69, 9.17) is 23.7 Å². The largest absolute Gasteiger partial charge is 0.369 e. The predicted molar refractivity (Wildman–Crippen MR) is 108 cm³/mol. The van der Waals surface area contributed by atoms with Crippen molar-refractivity contribution < 1.29 is 0 Å². The van der Waals surface area contributed by atoms with Crippen molar-refractivity contribution in [2.45, 2.75) is 6.92 Å². The molecule has 6 N–H and O–H groups in total. The topological polar surface area (TPSA) is 101 Å². The summed E-state index contributed by atoms with van der Waals surface area (Å²) in [5.74, 6) is -0.0695. The summed E-state index contributed by atoms with van der Waals surface area (Å²) < 4.78 is 0. The molecule has 0 fully saturated rings. The van der Waals surface area contributed by atoms with E-state index in [2.05, 4.69) is 20.8 Å². The third kappa shape index (κ3) is 6.23. The highest BCUT2D eigenvalue weighted by Gasteiger charge is 2.01. The quantitative estimate of drug-likeness (QED) is 0.290. The van der Waals surface area contributed by atoms with Crippen molar-refractivity contribution >= 4 is 52.8 Å². The van der Waals surface area contributed by atoms with Crippen LogP contribution in [0.5, 0.6) is 0 Å². The number of nitrogens with zero attached hydrogens (tertiary/aromatic N) is 2. The van der Waals surface area contributed by atoms with Crippen LogP contribution in [-0.4, -0.2) is 16.8 Å². The van der Waals surface area contributed by atoms with Crippen LogP contribution in [0.3, 0.4) is 0 Å². The van der Waals surface area contributed by atoms with Crippen LogP contribution in [0.4, 0.5) is 11.4 Å². The Hall–Kier alpha value is -2.64. The molecule has 2 aromatic carbocycles. The molecule has 126 valence electrons. The average Bonchev–Trinajstić information content (AvgIpc) is 2.54. The maximum Gasteiger partial charge on any atom is 0.211 e. The van der Waals surface area contributed by atoms with E-state index in [-0.39, 0.29) is 18.4 Å². The van der Waals surface area contributed by atoms with Crippen LogP contribution in [0.15, 0.2) is 64.8 Å². The monoisotopic (exact) mass is 362 g/mol. The number of para-hydroxylation sites is 1. The van der Waals surface area contributed by atoms with E-state index < -0.39 is 0 Å². The Bertz CT molecular complexity index is 724. The standard InChI is InChI=1S/C16H18N6S.ClH/c1-11(21-22-15(17)18)12-7-9-14(10-8-12)20-16(23)19-13-5-3-2-4-6-13;/h2-10H,1H3,(H4,17,18,22)(H2,19,20,23);1H/b21-11+;. The molecule has 0 unspecified atom stereocenters. The molecule has 0 spiro atoms. The number of nitrogens with two attached hydrogens (primary N) is 2. The van der Waals surface area contributed by atoms with Gasteiger partial charge in [0.25, 0.3) is 0 Å². The van der Waals surface area contributed by atoms with Crippen molar-refractivity contribution in [3.8, 4) is 0 Å². The van der Waals surface area contributed by atoms with Gasteiger partial charge in [-0.3, -0.25) is 0 Å². The van der Waals surface area contributed by atoms with E-state index >= 15 is 0 Å². The van der Waals surface area contributed by atoms with E-state index in [0.29, 0.717) is 5.11 Å². The first-order valence-electron chi connectivity index (χ1n) is 6.91. The maximum absolute atomic E-state index is 5.28. The molecule has 2 rings (SSSR count). The van der Waals surface area contributed by atoms with Crippen LogP contribution >= 0.6 is 24.6 Å². The minimum Gasteiger partial charge on any atom is -0.369 e.